The summed E-state index contributed by atoms with van der Waals surface area (Å²) >= 11 is 6.53. The van der Waals surface area contributed by atoms with Crippen molar-refractivity contribution in [1.29, 1.82) is 0 Å². The molecule has 0 radical (unpaired) electrons. The molecule has 2 aliphatic rings. The van der Waals surface area contributed by atoms with Crippen LogP contribution in [0.2, 0.25) is 0 Å². The van der Waals surface area contributed by atoms with E-state index in [2.05, 4.69) is 37.9 Å². The molecule has 0 aromatic heterocycles. The van der Waals surface area contributed by atoms with Crippen molar-refractivity contribution in [2.24, 2.45) is 11.8 Å². The van der Waals surface area contributed by atoms with E-state index in [-0.39, 0.29) is 20.7 Å². The fourth-order valence-electron chi connectivity index (χ4n) is 2.25. The van der Waals surface area contributed by atoms with Crippen LogP contribution in [0.1, 0.15) is 6.42 Å². The first-order chi connectivity index (χ1) is 6.06. The summed E-state index contributed by atoms with van der Waals surface area (Å²) in [4.78, 5) is 0.116. The second kappa shape index (κ2) is 3.35. The number of alkyl halides is 2. The minimum absolute atomic E-state index is 0.0732. The van der Waals surface area contributed by atoms with Crippen LogP contribution in [0, 0.1) is 11.8 Å². The van der Waals surface area contributed by atoms with Crippen LogP contribution in [0.15, 0.2) is 12.2 Å². The van der Waals surface area contributed by atoms with Crippen LogP contribution in [-0.4, -0.2) is 23.2 Å². The number of halogens is 2. The average molecular weight is 330 g/mol. The van der Waals surface area contributed by atoms with E-state index in [0.29, 0.717) is 5.92 Å². The highest BCUT2D eigenvalue weighted by molar-refractivity contribution is 9.11. The number of rotatable bonds is 2. The molecule has 13 heavy (non-hydrogen) atoms. The number of hydrogen-bond acceptors (Lipinski definition) is 2. The molecule has 0 amide bonds. The lowest BCUT2D eigenvalue weighted by Gasteiger charge is -2.22. The van der Waals surface area contributed by atoms with Gasteiger partial charge in [-0.15, -0.1) is 0 Å². The Morgan fingerprint density at radius 1 is 1.31 bits per heavy atom. The Kier molecular flexibility index (Phi) is 2.62. The first kappa shape index (κ1) is 10.2. The summed E-state index contributed by atoms with van der Waals surface area (Å²) in [6, 6.07) is 0. The van der Waals surface area contributed by atoms with E-state index in [1.165, 1.54) is 0 Å². The maximum Gasteiger partial charge on any atom is 0.164 e. The lowest BCUT2D eigenvalue weighted by Crippen LogP contribution is -2.34. The van der Waals surface area contributed by atoms with Gasteiger partial charge in [0.2, 0.25) is 0 Å². The lowest BCUT2D eigenvalue weighted by molar-refractivity contribution is 0.570. The summed E-state index contributed by atoms with van der Waals surface area (Å²) in [5.41, 5.74) is 0. The topological polar surface area (TPSA) is 34.1 Å². The van der Waals surface area contributed by atoms with Gasteiger partial charge in [-0.2, -0.15) is 0 Å². The van der Waals surface area contributed by atoms with Crippen molar-refractivity contribution in [2.45, 2.75) is 16.5 Å². The van der Waals surface area contributed by atoms with Crippen molar-refractivity contribution < 1.29 is 8.42 Å². The number of sulfone groups is 1. The lowest BCUT2D eigenvalue weighted by atomic mass is 10.1. The monoisotopic (exact) mass is 328 g/mol. The van der Waals surface area contributed by atoms with Crippen LogP contribution >= 0.6 is 31.9 Å². The van der Waals surface area contributed by atoms with Crippen LogP contribution in [0.4, 0.5) is 0 Å². The van der Waals surface area contributed by atoms with Crippen molar-refractivity contribution in [1.82, 2.24) is 0 Å². The highest BCUT2D eigenvalue weighted by Gasteiger charge is 2.49. The Balaban J connectivity index is 2.32. The fourth-order valence-corrected chi connectivity index (χ4v) is 6.42. The highest BCUT2D eigenvalue weighted by atomic mass is 79.9. The summed E-state index contributed by atoms with van der Waals surface area (Å²) in [7, 11) is -2.96. The minimum atomic E-state index is -2.96. The van der Waals surface area contributed by atoms with E-state index in [4.69, 9.17) is 0 Å². The minimum Gasteiger partial charge on any atom is -0.228 e. The van der Waals surface area contributed by atoms with Gasteiger partial charge >= 0.3 is 0 Å². The largest absolute Gasteiger partial charge is 0.228 e. The van der Waals surface area contributed by atoms with Gasteiger partial charge in [0.25, 0.3) is 0 Å². The molecular formula is C8H10Br2O2S. The molecule has 74 valence electrons. The van der Waals surface area contributed by atoms with Gasteiger partial charge in [-0.1, -0.05) is 44.0 Å². The Bertz CT molecular complexity index is 336. The normalized spacial score (nSPS) is 42.9. The molecule has 1 saturated carbocycles. The van der Waals surface area contributed by atoms with Gasteiger partial charge in [0, 0.05) is 4.83 Å². The van der Waals surface area contributed by atoms with Crippen molar-refractivity contribution in [2.75, 3.05) is 4.66 Å². The Labute approximate surface area is 95.0 Å². The molecule has 5 heteroatoms. The molecule has 0 aromatic rings. The van der Waals surface area contributed by atoms with E-state index in [9.17, 15) is 8.42 Å². The molecule has 0 N–H and O–H groups in total. The molecule has 0 aromatic carbocycles. The molecule has 2 bridgehead atoms. The van der Waals surface area contributed by atoms with Crippen molar-refractivity contribution in [3.05, 3.63) is 12.2 Å². The van der Waals surface area contributed by atoms with E-state index in [1.54, 1.807) is 0 Å². The number of hydrogen-bond donors (Lipinski definition) is 0. The molecule has 2 nitrogen and oxygen atoms in total. The second-order valence-electron chi connectivity index (χ2n) is 3.63. The molecule has 0 saturated heterocycles. The molecular weight excluding hydrogens is 320 g/mol. The van der Waals surface area contributed by atoms with Crippen LogP contribution in [-0.2, 0) is 9.84 Å². The maximum atomic E-state index is 11.7. The Morgan fingerprint density at radius 2 is 1.92 bits per heavy atom. The molecule has 0 unspecified atom stereocenters. The zero-order valence-corrected chi connectivity index (χ0v) is 10.8. The third kappa shape index (κ3) is 1.53. The van der Waals surface area contributed by atoms with Gasteiger partial charge in [0.1, 0.15) is 4.66 Å². The van der Waals surface area contributed by atoms with Crippen LogP contribution in [0.3, 0.4) is 0 Å². The van der Waals surface area contributed by atoms with E-state index in [0.717, 1.165) is 6.42 Å². The summed E-state index contributed by atoms with van der Waals surface area (Å²) in [6.45, 7) is 0. The van der Waals surface area contributed by atoms with Crippen LogP contribution in [0.25, 0.3) is 0 Å². The van der Waals surface area contributed by atoms with E-state index >= 15 is 0 Å². The molecule has 0 heterocycles. The molecule has 0 aliphatic heterocycles. The number of allylic oxidation sites excluding steroid dienone is 2. The summed E-state index contributed by atoms with van der Waals surface area (Å²) < 4.78 is 23.5. The number of fused-ring (bicyclic) bond motifs is 2. The van der Waals surface area contributed by atoms with E-state index in [1.807, 2.05) is 6.08 Å². The van der Waals surface area contributed by atoms with Gasteiger partial charge in [-0.05, 0) is 18.3 Å². The average Bonchev–Trinajstić information content (AvgIpc) is 2.63. The zero-order valence-electron chi connectivity index (χ0n) is 6.86. The smallest absolute Gasteiger partial charge is 0.164 e. The zero-order chi connectivity index (χ0) is 9.64. The van der Waals surface area contributed by atoms with Gasteiger partial charge in [0.15, 0.2) is 9.84 Å². The predicted molar refractivity (Wildman–Crippen MR) is 60.0 cm³/mol. The standard InChI is InChI=1S/C8H10Br2O2S/c9-4-13(11,12)8-6-2-1-5(3-6)7(8)10/h1-2,5-8H,3-4H2/t5-,6+,7-,8-/m1/s1. The highest BCUT2D eigenvalue weighted by Crippen LogP contribution is 2.46. The van der Waals surface area contributed by atoms with Crippen LogP contribution < -0.4 is 0 Å². The fraction of sp³-hybridized carbons (Fsp3) is 0.750. The van der Waals surface area contributed by atoms with Crippen molar-refractivity contribution in [3.63, 3.8) is 0 Å². The third-order valence-electron chi connectivity index (χ3n) is 2.86. The second-order valence-corrected chi connectivity index (χ2v) is 8.15. The Hall–Kier alpha value is 0.650. The quantitative estimate of drug-likeness (QED) is 0.574. The van der Waals surface area contributed by atoms with Gasteiger partial charge in [-0.3, -0.25) is 0 Å². The Morgan fingerprint density at radius 3 is 2.38 bits per heavy atom. The molecule has 2 rings (SSSR count). The van der Waals surface area contributed by atoms with Gasteiger partial charge < -0.3 is 0 Å². The first-order valence-corrected chi connectivity index (χ1v) is 7.91. The summed E-state index contributed by atoms with van der Waals surface area (Å²) in [6.07, 6.45) is 5.17. The molecule has 4 atom stereocenters. The maximum absolute atomic E-state index is 11.7. The first-order valence-electron chi connectivity index (χ1n) is 4.16. The van der Waals surface area contributed by atoms with Gasteiger partial charge in [-0.25, -0.2) is 8.42 Å². The summed E-state index contributed by atoms with van der Waals surface area (Å²) in [5.74, 6) is 0.653. The predicted octanol–water partition coefficient (Wildman–Crippen LogP) is 2.09. The van der Waals surface area contributed by atoms with Crippen LogP contribution in [0.5, 0.6) is 0 Å². The molecule has 0 spiro atoms. The van der Waals surface area contributed by atoms with Crippen molar-refractivity contribution >= 4 is 41.7 Å². The molecule has 2 aliphatic carbocycles. The SMILES string of the molecule is O=S(=O)(CBr)[C@H]1[C@H](Br)[C@@H]2C=C[C@H]1C2. The van der Waals surface area contributed by atoms with Crippen molar-refractivity contribution in [3.8, 4) is 0 Å². The third-order valence-corrected chi connectivity index (χ3v) is 8.15. The summed E-state index contributed by atoms with van der Waals surface area (Å²) in [5, 5.41) is -0.220. The van der Waals surface area contributed by atoms with E-state index < -0.39 is 9.84 Å². The molecule has 1 fully saturated rings. The van der Waals surface area contributed by atoms with Gasteiger partial charge in [0.05, 0.1) is 5.25 Å².